The van der Waals surface area contributed by atoms with E-state index in [1.165, 1.54) is 0 Å². The van der Waals surface area contributed by atoms with Gasteiger partial charge in [0.2, 0.25) is 5.91 Å². The summed E-state index contributed by atoms with van der Waals surface area (Å²) in [6, 6.07) is 7.82. The first-order chi connectivity index (χ1) is 8.54. The van der Waals surface area contributed by atoms with Gasteiger partial charge in [0.1, 0.15) is 12.4 Å². The van der Waals surface area contributed by atoms with Gasteiger partial charge >= 0.3 is 0 Å². The van der Waals surface area contributed by atoms with Crippen molar-refractivity contribution in [3.63, 3.8) is 0 Å². The van der Waals surface area contributed by atoms with E-state index in [-0.39, 0.29) is 5.91 Å². The third-order valence-corrected chi connectivity index (χ3v) is 3.46. The smallest absolute Gasteiger partial charge is 0.242 e. The predicted octanol–water partition coefficient (Wildman–Crippen LogP) is 1.53. The average Bonchev–Trinajstić information content (AvgIpc) is 2.59. The minimum absolute atomic E-state index is 0.00898. The number of hydrogen-bond acceptors (Lipinski definition) is 3. The van der Waals surface area contributed by atoms with E-state index in [0.29, 0.717) is 26.1 Å². The highest BCUT2D eigenvalue weighted by molar-refractivity contribution is 5.85. The maximum absolute atomic E-state index is 12.4. The monoisotopic (exact) mass is 248 g/mol. The fourth-order valence-corrected chi connectivity index (χ4v) is 2.01. The lowest BCUT2D eigenvalue weighted by Crippen LogP contribution is -2.53. The zero-order valence-corrected chi connectivity index (χ0v) is 11.0. The first-order valence-corrected chi connectivity index (χ1v) is 6.33. The minimum atomic E-state index is -0.792. The van der Waals surface area contributed by atoms with Gasteiger partial charge in [-0.25, -0.2) is 0 Å². The highest BCUT2D eigenvalue weighted by Gasteiger charge is 2.32. The van der Waals surface area contributed by atoms with Crippen LogP contribution in [-0.2, 0) is 11.3 Å². The zero-order valence-electron chi connectivity index (χ0n) is 11.0. The third kappa shape index (κ3) is 2.48. The van der Waals surface area contributed by atoms with Gasteiger partial charge in [0.05, 0.1) is 12.1 Å². The van der Waals surface area contributed by atoms with Crippen molar-refractivity contribution in [2.45, 2.75) is 32.4 Å². The fourth-order valence-electron chi connectivity index (χ4n) is 2.01. The number of ether oxygens (including phenoxy) is 1. The molecule has 0 radical (unpaired) electrons. The molecule has 98 valence electrons. The second-order valence-electron chi connectivity index (χ2n) is 4.95. The Labute approximate surface area is 108 Å². The molecule has 4 heteroatoms. The molecule has 0 bridgehead atoms. The van der Waals surface area contributed by atoms with E-state index < -0.39 is 5.54 Å². The fraction of sp³-hybridized carbons (Fsp3) is 0.500. The van der Waals surface area contributed by atoms with Gasteiger partial charge in [-0.1, -0.05) is 25.1 Å². The van der Waals surface area contributed by atoms with Crippen LogP contribution < -0.4 is 10.5 Å². The summed E-state index contributed by atoms with van der Waals surface area (Å²) in [6.07, 6.45) is 0.630. The number of carbonyl (C=O) groups excluding carboxylic acids is 1. The first kappa shape index (κ1) is 12.9. The maximum atomic E-state index is 12.4. The van der Waals surface area contributed by atoms with Gasteiger partial charge in [-0.3, -0.25) is 4.79 Å². The van der Waals surface area contributed by atoms with E-state index in [2.05, 4.69) is 0 Å². The van der Waals surface area contributed by atoms with Crippen LogP contribution in [-0.4, -0.2) is 29.5 Å². The van der Waals surface area contributed by atoms with Crippen LogP contribution in [0.4, 0.5) is 0 Å². The molecule has 0 aromatic heterocycles. The number of amides is 1. The number of para-hydroxylation sites is 1. The van der Waals surface area contributed by atoms with Crippen LogP contribution >= 0.6 is 0 Å². The van der Waals surface area contributed by atoms with Crippen molar-refractivity contribution in [2.75, 3.05) is 13.2 Å². The zero-order chi connectivity index (χ0) is 13.2. The molecule has 1 amide bonds. The van der Waals surface area contributed by atoms with Gasteiger partial charge in [0.15, 0.2) is 0 Å². The Morgan fingerprint density at radius 1 is 1.50 bits per heavy atom. The van der Waals surface area contributed by atoms with Gasteiger partial charge in [-0.05, 0) is 19.4 Å². The number of fused-ring (bicyclic) bond motifs is 1. The Kier molecular flexibility index (Phi) is 3.57. The van der Waals surface area contributed by atoms with Crippen LogP contribution in [0.15, 0.2) is 24.3 Å². The van der Waals surface area contributed by atoms with Crippen molar-refractivity contribution < 1.29 is 9.53 Å². The van der Waals surface area contributed by atoms with E-state index in [4.69, 9.17) is 10.5 Å². The molecule has 0 fully saturated rings. The summed E-state index contributed by atoms with van der Waals surface area (Å²) in [4.78, 5) is 14.1. The highest BCUT2D eigenvalue weighted by Crippen LogP contribution is 2.23. The Morgan fingerprint density at radius 2 is 2.22 bits per heavy atom. The Bertz CT molecular complexity index is 443. The number of benzene rings is 1. The van der Waals surface area contributed by atoms with E-state index in [1.54, 1.807) is 11.8 Å². The minimum Gasteiger partial charge on any atom is -0.491 e. The van der Waals surface area contributed by atoms with Gasteiger partial charge < -0.3 is 15.4 Å². The van der Waals surface area contributed by atoms with Crippen molar-refractivity contribution in [3.8, 4) is 5.75 Å². The molecule has 1 unspecified atom stereocenters. The lowest BCUT2D eigenvalue weighted by Gasteiger charge is -2.29. The lowest BCUT2D eigenvalue weighted by atomic mass is 9.98. The quantitative estimate of drug-likeness (QED) is 0.863. The number of carbonyl (C=O) groups is 1. The second-order valence-corrected chi connectivity index (χ2v) is 4.95. The van der Waals surface area contributed by atoms with Crippen molar-refractivity contribution in [3.05, 3.63) is 29.8 Å². The first-order valence-electron chi connectivity index (χ1n) is 6.33. The molecule has 2 rings (SSSR count). The molecule has 1 atom stereocenters. The van der Waals surface area contributed by atoms with Crippen molar-refractivity contribution in [1.29, 1.82) is 0 Å². The summed E-state index contributed by atoms with van der Waals surface area (Å²) in [5.41, 5.74) is 6.27. The topological polar surface area (TPSA) is 55.6 Å². The summed E-state index contributed by atoms with van der Waals surface area (Å²) in [6.45, 7) is 5.39. The summed E-state index contributed by atoms with van der Waals surface area (Å²) in [5.74, 6) is 0.855. The van der Waals surface area contributed by atoms with Crippen LogP contribution in [0.3, 0.4) is 0 Å². The number of hydrogen-bond donors (Lipinski definition) is 1. The van der Waals surface area contributed by atoms with Crippen LogP contribution in [0.2, 0.25) is 0 Å². The number of rotatable bonds is 2. The molecule has 0 saturated carbocycles. The molecule has 1 aromatic carbocycles. The summed E-state index contributed by atoms with van der Waals surface area (Å²) >= 11 is 0. The lowest BCUT2D eigenvalue weighted by molar-refractivity contribution is -0.137. The molecule has 18 heavy (non-hydrogen) atoms. The largest absolute Gasteiger partial charge is 0.491 e. The van der Waals surface area contributed by atoms with Crippen LogP contribution in [0, 0.1) is 0 Å². The molecule has 4 nitrogen and oxygen atoms in total. The van der Waals surface area contributed by atoms with Crippen molar-refractivity contribution in [1.82, 2.24) is 4.90 Å². The summed E-state index contributed by atoms with van der Waals surface area (Å²) < 4.78 is 5.64. The van der Waals surface area contributed by atoms with Crippen molar-refractivity contribution >= 4 is 5.91 Å². The average molecular weight is 248 g/mol. The molecular formula is C14H20N2O2. The third-order valence-electron chi connectivity index (χ3n) is 3.46. The molecule has 0 saturated heterocycles. The number of nitrogens with zero attached hydrogens (tertiary/aromatic N) is 1. The molecular weight excluding hydrogens is 228 g/mol. The SMILES string of the molecule is CCC(C)(N)C(=O)N1CCOc2ccccc2C1. The maximum Gasteiger partial charge on any atom is 0.242 e. The van der Waals surface area contributed by atoms with Gasteiger partial charge in [-0.15, -0.1) is 0 Å². The molecule has 1 aliphatic rings. The van der Waals surface area contributed by atoms with E-state index in [1.807, 2.05) is 31.2 Å². The van der Waals surface area contributed by atoms with Gasteiger partial charge in [-0.2, -0.15) is 0 Å². The summed E-state index contributed by atoms with van der Waals surface area (Å²) in [7, 11) is 0. The second kappa shape index (κ2) is 4.98. The molecule has 1 heterocycles. The van der Waals surface area contributed by atoms with Crippen LogP contribution in [0.1, 0.15) is 25.8 Å². The summed E-state index contributed by atoms with van der Waals surface area (Å²) in [5, 5.41) is 0. The van der Waals surface area contributed by atoms with Crippen molar-refractivity contribution in [2.24, 2.45) is 5.73 Å². The molecule has 1 aromatic rings. The van der Waals surface area contributed by atoms with Gasteiger partial charge in [0, 0.05) is 12.1 Å². The Balaban J connectivity index is 2.20. The van der Waals surface area contributed by atoms with Crippen LogP contribution in [0.25, 0.3) is 0 Å². The molecule has 0 spiro atoms. The normalized spacial score (nSPS) is 18.3. The van der Waals surface area contributed by atoms with Gasteiger partial charge in [0.25, 0.3) is 0 Å². The van der Waals surface area contributed by atoms with E-state index in [9.17, 15) is 4.79 Å². The van der Waals surface area contributed by atoms with E-state index in [0.717, 1.165) is 11.3 Å². The van der Waals surface area contributed by atoms with E-state index >= 15 is 0 Å². The molecule has 2 N–H and O–H groups in total. The number of nitrogens with two attached hydrogens (primary N) is 1. The standard InChI is InChI=1S/C14H20N2O2/c1-3-14(2,15)13(17)16-8-9-18-12-7-5-4-6-11(12)10-16/h4-7H,3,8-10,15H2,1-2H3. The molecule has 0 aliphatic carbocycles. The molecule has 1 aliphatic heterocycles. The Hall–Kier alpha value is -1.55. The Morgan fingerprint density at radius 3 is 2.94 bits per heavy atom. The van der Waals surface area contributed by atoms with Crippen LogP contribution in [0.5, 0.6) is 5.75 Å². The highest BCUT2D eigenvalue weighted by atomic mass is 16.5. The predicted molar refractivity (Wildman–Crippen MR) is 70.2 cm³/mol.